The summed E-state index contributed by atoms with van der Waals surface area (Å²) >= 11 is 6.73. The first-order chi connectivity index (χ1) is 16.8. The molecule has 0 saturated carbocycles. The normalized spacial score (nSPS) is 14.5. The summed E-state index contributed by atoms with van der Waals surface area (Å²) in [5.41, 5.74) is 5.91. The molecule has 7 heteroatoms. The van der Waals surface area contributed by atoms with Crippen molar-refractivity contribution in [3.05, 3.63) is 99.5 Å². The highest BCUT2D eigenvalue weighted by Crippen LogP contribution is 2.33. The zero-order chi connectivity index (χ0) is 24.9. The molecule has 0 aliphatic carbocycles. The first-order valence-electron chi connectivity index (χ1n) is 11.2. The molecule has 0 spiro atoms. The predicted molar refractivity (Wildman–Crippen MR) is 146 cm³/mol. The highest BCUT2D eigenvalue weighted by Gasteiger charge is 2.31. The van der Waals surface area contributed by atoms with Gasteiger partial charge in [0, 0.05) is 5.69 Å². The van der Waals surface area contributed by atoms with E-state index in [2.05, 4.69) is 5.32 Å². The van der Waals surface area contributed by atoms with Crippen molar-refractivity contribution in [2.45, 2.75) is 27.3 Å². The van der Waals surface area contributed by atoms with Gasteiger partial charge in [0.2, 0.25) is 0 Å². The van der Waals surface area contributed by atoms with Crippen LogP contribution in [0.25, 0.3) is 6.08 Å². The predicted octanol–water partition coefficient (Wildman–Crippen LogP) is 6.03. The number of hydrogen-bond acceptors (Lipinski definition) is 5. The van der Waals surface area contributed by atoms with Gasteiger partial charge in [-0.15, -0.1) is 0 Å². The van der Waals surface area contributed by atoms with Crippen LogP contribution in [0.1, 0.15) is 27.8 Å². The Morgan fingerprint density at radius 1 is 1.03 bits per heavy atom. The molecule has 4 rings (SSSR count). The monoisotopic (exact) mass is 502 g/mol. The second-order valence-corrected chi connectivity index (χ2v) is 10.1. The average molecular weight is 503 g/mol. The van der Waals surface area contributed by atoms with Crippen LogP contribution in [0.3, 0.4) is 0 Å². The van der Waals surface area contributed by atoms with Gasteiger partial charge in [0.15, 0.2) is 6.61 Å². The number of thiocarbonyl (C=S) groups is 1. The molecule has 3 aromatic rings. The third kappa shape index (κ3) is 6.18. The van der Waals surface area contributed by atoms with Crippen LogP contribution in [0, 0.1) is 20.8 Å². The van der Waals surface area contributed by atoms with E-state index < -0.39 is 0 Å². The number of nitrogens with one attached hydrogen (secondary N) is 1. The number of nitrogens with zero attached hydrogens (tertiary/aromatic N) is 1. The van der Waals surface area contributed by atoms with Gasteiger partial charge in [-0.3, -0.25) is 14.5 Å². The smallest absolute Gasteiger partial charge is 0.266 e. The van der Waals surface area contributed by atoms with Gasteiger partial charge in [-0.25, -0.2) is 0 Å². The van der Waals surface area contributed by atoms with E-state index in [0.29, 0.717) is 21.5 Å². The van der Waals surface area contributed by atoms with Gasteiger partial charge < -0.3 is 10.1 Å². The molecule has 5 nitrogen and oxygen atoms in total. The molecule has 3 aromatic carbocycles. The number of hydrogen-bond donors (Lipinski definition) is 1. The molecule has 0 bridgehead atoms. The third-order valence-electron chi connectivity index (χ3n) is 5.55. The second kappa shape index (κ2) is 10.9. The summed E-state index contributed by atoms with van der Waals surface area (Å²) < 4.78 is 6.21. The van der Waals surface area contributed by atoms with E-state index in [4.69, 9.17) is 17.0 Å². The molecular formula is C28H26N2O3S2. The number of aryl methyl sites for hydroxylation is 3. The van der Waals surface area contributed by atoms with E-state index in [0.717, 1.165) is 33.5 Å². The number of amides is 2. The summed E-state index contributed by atoms with van der Waals surface area (Å²) in [6, 6.07) is 21.1. The van der Waals surface area contributed by atoms with Crippen LogP contribution in [0.15, 0.2) is 71.6 Å². The van der Waals surface area contributed by atoms with Crippen LogP contribution in [0.5, 0.6) is 5.75 Å². The summed E-state index contributed by atoms with van der Waals surface area (Å²) in [6.07, 6.45) is 1.82. The zero-order valence-corrected chi connectivity index (χ0v) is 21.5. The minimum Gasteiger partial charge on any atom is -0.484 e. The lowest BCUT2D eigenvalue weighted by Gasteiger charge is -2.14. The highest BCUT2D eigenvalue weighted by atomic mass is 32.2. The molecule has 0 radical (unpaired) electrons. The van der Waals surface area contributed by atoms with E-state index in [1.54, 1.807) is 17.0 Å². The van der Waals surface area contributed by atoms with Gasteiger partial charge in [0.25, 0.3) is 11.8 Å². The summed E-state index contributed by atoms with van der Waals surface area (Å²) in [5, 5.41) is 2.94. The lowest BCUT2D eigenvalue weighted by molar-refractivity contribution is -0.122. The number of benzene rings is 3. The first kappa shape index (κ1) is 24.7. The van der Waals surface area contributed by atoms with Crippen LogP contribution >= 0.6 is 24.0 Å². The van der Waals surface area contributed by atoms with Crippen LogP contribution in [-0.2, 0) is 16.1 Å². The summed E-state index contributed by atoms with van der Waals surface area (Å²) in [7, 11) is 0. The van der Waals surface area contributed by atoms with E-state index in [1.807, 2.05) is 81.4 Å². The number of thioether (sulfide) groups is 1. The molecule has 1 heterocycles. The maximum Gasteiger partial charge on any atom is 0.266 e. The number of ether oxygens (including phenoxy) is 1. The number of carbonyl (C=O) groups excluding carboxylic acids is 2. The van der Waals surface area contributed by atoms with Crippen molar-refractivity contribution in [3.8, 4) is 5.75 Å². The van der Waals surface area contributed by atoms with E-state index in [9.17, 15) is 9.59 Å². The molecule has 0 atom stereocenters. The van der Waals surface area contributed by atoms with Crippen molar-refractivity contribution in [1.82, 2.24) is 4.90 Å². The van der Waals surface area contributed by atoms with E-state index in [1.165, 1.54) is 11.8 Å². The van der Waals surface area contributed by atoms with Gasteiger partial charge >= 0.3 is 0 Å². The Labute approximate surface area is 215 Å². The SMILES string of the molecule is Cc1cc(C)c(NC(=O)COc2ccc(/C=C3\SC(=S)N(Cc4ccccc4)C3=O)cc2)c(C)c1. The Morgan fingerprint density at radius 2 is 1.69 bits per heavy atom. The Balaban J connectivity index is 1.35. The molecule has 0 aromatic heterocycles. The Bertz CT molecular complexity index is 1280. The largest absolute Gasteiger partial charge is 0.484 e. The quantitative estimate of drug-likeness (QED) is 0.316. The molecule has 2 amide bonds. The summed E-state index contributed by atoms with van der Waals surface area (Å²) in [6.45, 7) is 6.35. The van der Waals surface area contributed by atoms with Crippen molar-refractivity contribution in [3.63, 3.8) is 0 Å². The lowest BCUT2D eigenvalue weighted by Crippen LogP contribution is -2.27. The minimum absolute atomic E-state index is 0.0930. The molecular weight excluding hydrogens is 476 g/mol. The molecule has 1 fully saturated rings. The van der Waals surface area contributed by atoms with Crippen molar-refractivity contribution in [2.24, 2.45) is 0 Å². The fraction of sp³-hybridized carbons (Fsp3) is 0.179. The van der Waals surface area contributed by atoms with Crippen LogP contribution < -0.4 is 10.1 Å². The van der Waals surface area contributed by atoms with Gasteiger partial charge in [0.05, 0.1) is 11.4 Å². The molecule has 178 valence electrons. The molecule has 35 heavy (non-hydrogen) atoms. The number of anilines is 1. The molecule has 1 N–H and O–H groups in total. The van der Waals surface area contributed by atoms with Crippen LogP contribution in [0.2, 0.25) is 0 Å². The van der Waals surface area contributed by atoms with Crippen molar-refractivity contribution >= 4 is 51.9 Å². The Kier molecular flexibility index (Phi) is 7.68. The summed E-state index contributed by atoms with van der Waals surface area (Å²) in [5.74, 6) is 0.264. The fourth-order valence-corrected chi connectivity index (χ4v) is 5.17. The highest BCUT2D eigenvalue weighted by molar-refractivity contribution is 8.26. The van der Waals surface area contributed by atoms with E-state index >= 15 is 0 Å². The number of carbonyl (C=O) groups is 2. The van der Waals surface area contributed by atoms with Crippen molar-refractivity contribution < 1.29 is 14.3 Å². The average Bonchev–Trinajstić information content (AvgIpc) is 3.09. The second-order valence-electron chi connectivity index (χ2n) is 8.43. The van der Waals surface area contributed by atoms with Crippen LogP contribution in [0.4, 0.5) is 5.69 Å². The summed E-state index contributed by atoms with van der Waals surface area (Å²) in [4.78, 5) is 27.5. The standard InChI is InChI=1S/C28H26N2O3S2/c1-18-13-19(2)26(20(3)14-18)29-25(31)17-33-23-11-9-21(10-12-23)15-24-27(32)30(28(34)35-24)16-22-7-5-4-6-8-22/h4-15H,16-17H2,1-3H3,(H,29,31)/b24-15-. The third-order valence-corrected chi connectivity index (χ3v) is 6.92. The van der Waals surface area contributed by atoms with Gasteiger partial charge in [-0.1, -0.05) is 84.1 Å². The molecule has 0 unspecified atom stereocenters. The molecule has 1 aliphatic rings. The van der Waals surface area contributed by atoms with Crippen molar-refractivity contribution in [1.29, 1.82) is 0 Å². The topological polar surface area (TPSA) is 58.6 Å². The van der Waals surface area contributed by atoms with Crippen LogP contribution in [-0.4, -0.2) is 27.6 Å². The maximum absolute atomic E-state index is 12.9. The fourth-order valence-electron chi connectivity index (χ4n) is 3.92. The lowest BCUT2D eigenvalue weighted by atomic mass is 10.1. The van der Waals surface area contributed by atoms with Gasteiger partial charge in [0.1, 0.15) is 10.1 Å². The minimum atomic E-state index is -0.216. The zero-order valence-electron chi connectivity index (χ0n) is 19.8. The maximum atomic E-state index is 12.9. The molecule has 1 aliphatic heterocycles. The first-order valence-corrected chi connectivity index (χ1v) is 12.4. The molecule has 1 saturated heterocycles. The van der Waals surface area contributed by atoms with E-state index in [-0.39, 0.29) is 18.4 Å². The Morgan fingerprint density at radius 3 is 2.34 bits per heavy atom. The number of rotatable bonds is 7. The van der Waals surface area contributed by atoms with Crippen molar-refractivity contribution in [2.75, 3.05) is 11.9 Å². The van der Waals surface area contributed by atoms with Gasteiger partial charge in [-0.05, 0) is 61.2 Å². The van der Waals surface area contributed by atoms with Gasteiger partial charge in [-0.2, -0.15) is 0 Å². The Hall–Kier alpha value is -3.42.